The number of halogens is 1. The number of hydrogen-bond donors (Lipinski definition) is 4. The van der Waals surface area contributed by atoms with Gasteiger partial charge in [-0.1, -0.05) is 18.2 Å². The lowest BCUT2D eigenvalue weighted by Crippen LogP contribution is -2.11. The Bertz CT molecular complexity index is 843. The van der Waals surface area contributed by atoms with Crippen LogP contribution in [0.3, 0.4) is 0 Å². The SMILES string of the molecule is N=C(c1nc(N)n[nH]1)c1cccnc1NCc1ccccc1F. The number of pyridine rings is 1. The second-order valence-electron chi connectivity index (χ2n) is 4.76. The third-order valence-electron chi connectivity index (χ3n) is 3.22. The smallest absolute Gasteiger partial charge is 0.239 e. The van der Waals surface area contributed by atoms with Crippen molar-refractivity contribution < 1.29 is 4.39 Å². The molecule has 0 spiro atoms. The molecule has 0 saturated heterocycles. The molecule has 3 aromatic rings. The highest BCUT2D eigenvalue weighted by molar-refractivity contribution is 6.11. The number of nitrogens with one attached hydrogen (secondary N) is 3. The number of benzene rings is 1. The fourth-order valence-electron chi connectivity index (χ4n) is 2.08. The number of hydrogen-bond acceptors (Lipinski definition) is 6. The lowest BCUT2D eigenvalue weighted by molar-refractivity contribution is 0.613. The highest BCUT2D eigenvalue weighted by Crippen LogP contribution is 2.17. The molecule has 0 amide bonds. The molecule has 0 fully saturated rings. The molecule has 0 bridgehead atoms. The van der Waals surface area contributed by atoms with Crippen LogP contribution in [0.5, 0.6) is 0 Å². The van der Waals surface area contributed by atoms with Crippen molar-refractivity contribution >= 4 is 17.5 Å². The normalized spacial score (nSPS) is 10.5. The van der Waals surface area contributed by atoms with Crippen LogP contribution in [0.25, 0.3) is 0 Å². The Morgan fingerprint density at radius 1 is 1.26 bits per heavy atom. The summed E-state index contributed by atoms with van der Waals surface area (Å²) in [4.78, 5) is 8.14. The average Bonchev–Trinajstić information content (AvgIpc) is 3.00. The maximum absolute atomic E-state index is 13.7. The van der Waals surface area contributed by atoms with E-state index in [0.29, 0.717) is 16.9 Å². The van der Waals surface area contributed by atoms with Crippen LogP contribution in [0, 0.1) is 11.2 Å². The summed E-state index contributed by atoms with van der Waals surface area (Å²) in [5.41, 5.74) is 6.58. The number of nitrogen functional groups attached to an aromatic ring is 1. The molecule has 2 aromatic heterocycles. The maximum Gasteiger partial charge on any atom is 0.239 e. The number of anilines is 2. The molecular weight excluding hydrogens is 297 g/mol. The van der Waals surface area contributed by atoms with Gasteiger partial charge < -0.3 is 11.1 Å². The van der Waals surface area contributed by atoms with Crippen molar-refractivity contribution in [2.24, 2.45) is 0 Å². The van der Waals surface area contributed by atoms with E-state index in [2.05, 4.69) is 25.5 Å². The van der Waals surface area contributed by atoms with E-state index in [1.807, 2.05) is 0 Å². The van der Waals surface area contributed by atoms with Crippen LogP contribution >= 0.6 is 0 Å². The number of nitrogens with zero attached hydrogens (tertiary/aromatic N) is 3. The zero-order chi connectivity index (χ0) is 16.2. The minimum absolute atomic E-state index is 0.0644. The lowest BCUT2D eigenvalue weighted by Gasteiger charge is -2.11. The molecule has 5 N–H and O–H groups in total. The monoisotopic (exact) mass is 311 g/mol. The van der Waals surface area contributed by atoms with E-state index in [0.717, 1.165) is 0 Å². The molecule has 116 valence electrons. The summed E-state index contributed by atoms with van der Waals surface area (Å²) < 4.78 is 13.7. The number of rotatable bonds is 5. The molecule has 0 aliphatic carbocycles. The average molecular weight is 311 g/mol. The zero-order valence-electron chi connectivity index (χ0n) is 12.0. The van der Waals surface area contributed by atoms with Gasteiger partial charge in [0.15, 0.2) is 5.82 Å². The Kier molecular flexibility index (Phi) is 3.96. The molecule has 0 aliphatic rings. The molecular formula is C15H14FN7. The molecule has 8 heteroatoms. The molecule has 2 heterocycles. The highest BCUT2D eigenvalue weighted by Gasteiger charge is 2.14. The number of aromatic nitrogens is 4. The standard InChI is InChI=1S/C15H14FN7/c16-11-6-2-1-4-9(11)8-20-13-10(5-3-7-19-13)12(17)14-21-15(18)23-22-14/h1-7,17H,8H2,(H,19,20)(H3,18,21,22,23). The van der Waals surface area contributed by atoms with Gasteiger partial charge in [-0.2, -0.15) is 4.98 Å². The first-order valence-electron chi connectivity index (χ1n) is 6.84. The van der Waals surface area contributed by atoms with Gasteiger partial charge >= 0.3 is 0 Å². The minimum Gasteiger partial charge on any atom is -0.366 e. The van der Waals surface area contributed by atoms with Gasteiger partial charge in [-0.15, -0.1) is 5.10 Å². The summed E-state index contributed by atoms with van der Waals surface area (Å²) >= 11 is 0. The van der Waals surface area contributed by atoms with Crippen LogP contribution in [-0.4, -0.2) is 25.9 Å². The molecule has 0 radical (unpaired) electrons. The predicted molar refractivity (Wildman–Crippen MR) is 84.7 cm³/mol. The fraction of sp³-hybridized carbons (Fsp3) is 0.0667. The van der Waals surface area contributed by atoms with Crippen molar-refractivity contribution in [3.63, 3.8) is 0 Å². The fourth-order valence-corrected chi connectivity index (χ4v) is 2.08. The van der Waals surface area contributed by atoms with E-state index >= 15 is 0 Å². The first-order valence-corrected chi connectivity index (χ1v) is 6.84. The molecule has 23 heavy (non-hydrogen) atoms. The van der Waals surface area contributed by atoms with Crippen LogP contribution in [0.1, 0.15) is 17.0 Å². The molecule has 7 nitrogen and oxygen atoms in total. The number of nitrogens with two attached hydrogens (primary N) is 1. The lowest BCUT2D eigenvalue weighted by atomic mass is 10.1. The van der Waals surface area contributed by atoms with Crippen molar-refractivity contribution in [1.29, 1.82) is 5.41 Å². The summed E-state index contributed by atoms with van der Waals surface area (Å²) in [5, 5.41) is 17.5. The Morgan fingerprint density at radius 3 is 2.83 bits per heavy atom. The van der Waals surface area contributed by atoms with Gasteiger partial charge in [-0.05, 0) is 18.2 Å². The predicted octanol–water partition coefficient (Wildman–Crippen LogP) is 1.95. The number of H-pyrrole nitrogens is 1. The first-order chi connectivity index (χ1) is 11.1. The van der Waals surface area contributed by atoms with E-state index < -0.39 is 0 Å². The summed E-state index contributed by atoms with van der Waals surface area (Å²) in [6.45, 7) is 0.252. The van der Waals surface area contributed by atoms with E-state index in [1.165, 1.54) is 6.07 Å². The molecule has 0 atom stereocenters. The van der Waals surface area contributed by atoms with Crippen molar-refractivity contribution in [3.8, 4) is 0 Å². The number of aromatic amines is 1. The molecule has 0 aliphatic heterocycles. The van der Waals surface area contributed by atoms with Crippen LogP contribution in [0.2, 0.25) is 0 Å². The second-order valence-corrected chi connectivity index (χ2v) is 4.76. The largest absolute Gasteiger partial charge is 0.366 e. The Labute approximate surface area is 131 Å². The Morgan fingerprint density at radius 2 is 2.09 bits per heavy atom. The van der Waals surface area contributed by atoms with E-state index in [-0.39, 0.29) is 29.8 Å². The molecule has 3 rings (SSSR count). The summed E-state index contributed by atoms with van der Waals surface area (Å²) in [6.07, 6.45) is 1.59. The van der Waals surface area contributed by atoms with Crippen molar-refractivity contribution in [1.82, 2.24) is 20.2 Å². The van der Waals surface area contributed by atoms with E-state index in [1.54, 1.807) is 36.5 Å². The molecule has 1 aromatic carbocycles. The highest BCUT2D eigenvalue weighted by atomic mass is 19.1. The topological polar surface area (TPSA) is 116 Å². The Balaban J connectivity index is 1.83. The van der Waals surface area contributed by atoms with Crippen LogP contribution in [-0.2, 0) is 6.54 Å². The summed E-state index contributed by atoms with van der Waals surface area (Å²) in [7, 11) is 0. The van der Waals surface area contributed by atoms with Crippen LogP contribution in [0.15, 0.2) is 42.6 Å². The van der Waals surface area contributed by atoms with Gasteiger partial charge in [-0.25, -0.2) is 9.37 Å². The second kappa shape index (κ2) is 6.22. The molecule has 0 unspecified atom stereocenters. The van der Waals surface area contributed by atoms with E-state index in [9.17, 15) is 4.39 Å². The maximum atomic E-state index is 13.7. The quantitative estimate of drug-likeness (QED) is 0.537. The van der Waals surface area contributed by atoms with Gasteiger partial charge in [0.25, 0.3) is 0 Å². The summed E-state index contributed by atoms with van der Waals surface area (Å²) in [6, 6.07) is 9.91. The van der Waals surface area contributed by atoms with Gasteiger partial charge in [-0.3, -0.25) is 10.5 Å². The van der Waals surface area contributed by atoms with Gasteiger partial charge in [0, 0.05) is 23.9 Å². The third kappa shape index (κ3) is 3.15. The summed E-state index contributed by atoms with van der Waals surface area (Å²) in [5.74, 6) is 0.463. The third-order valence-corrected chi connectivity index (χ3v) is 3.22. The zero-order valence-corrected chi connectivity index (χ0v) is 12.0. The first kappa shape index (κ1) is 14.6. The van der Waals surface area contributed by atoms with Gasteiger partial charge in [0.05, 0.1) is 0 Å². The van der Waals surface area contributed by atoms with Crippen LogP contribution < -0.4 is 11.1 Å². The van der Waals surface area contributed by atoms with E-state index in [4.69, 9.17) is 11.1 Å². The Hall–Kier alpha value is -3.29. The van der Waals surface area contributed by atoms with Crippen molar-refractivity contribution in [2.45, 2.75) is 6.54 Å². The molecule has 0 saturated carbocycles. The van der Waals surface area contributed by atoms with Crippen molar-refractivity contribution in [3.05, 3.63) is 65.4 Å². The van der Waals surface area contributed by atoms with Gasteiger partial charge in [0.1, 0.15) is 17.3 Å². The van der Waals surface area contributed by atoms with Crippen molar-refractivity contribution in [2.75, 3.05) is 11.1 Å². The van der Waals surface area contributed by atoms with Gasteiger partial charge in [0.2, 0.25) is 5.95 Å². The van der Waals surface area contributed by atoms with Crippen LogP contribution in [0.4, 0.5) is 16.2 Å². The minimum atomic E-state index is -0.296.